The molecule has 0 atom stereocenters. The van der Waals surface area contributed by atoms with Crippen LogP contribution in [-0.4, -0.2) is 32.3 Å². The monoisotopic (exact) mass is 398 g/mol. The third-order valence-electron chi connectivity index (χ3n) is 4.25. The Labute approximate surface area is 154 Å². The molecule has 2 aromatic rings. The van der Waals surface area contributed by atoms with Crippen molar-refractivity contribution in [1.82, 2.24) is 4.90 Å². The summed E-state index contributed by atoms with van der Waals surface area (Å²) in [7, 11) is -4.04. The van der Waals surface area contributed by atoms with Gasteiger partial charge in [-0.15, -0.1) is 0 Å². The lowest BCUT2D eigenvalue weighted by Gasteiger charge is -2.16. The first-order valence-corrected chi connectivity index (χ1v) is 9.74. The highest BCUT2D eigenvalue weighted by molar-refractivity contribution is 7.92. The number of nitrogens with zero attached hydrogens (tertiary/aromatic N) is 1. The highest BCUT2D eigenvalue weighted by Gasteiger charge is 2.30. The fourth-order valence-corrected chi connectivity index (χ4v) is 3.94. The van der Waals surface area contributed by atoms with Crippen LogP contribution in [0.3, 0.4) is 0 Å². The number of alkyl halides is 3. The van der Waals surface area contributed by atoms with Crippen molar-refractivity contribution in [1.29, 1.82) is 0 Å². The third-order valence-corrected chi connectivity index (χ3v) is 5.63. The van der Waals surface area contributed by atoms with Crippen LogP contribution in [0.2, 0.25) is 0 Å². The van der Waals surface area contributed by atoms with Crippen LogP contribution in [0.1, 0.15) is 28.8 Å². The van der Waals surface area contributed by atoms with Gasteiger partial charge >= 0.3 is 6.18 Å². The van der Waals surface area contributed by atoms with Crippen molar-refractivity contribution >= 4 is 21.6 Å². The summed E-state index contributed by atoms with van der Waals surface area (Å²) in [5, 5.41) is 0. The zero-order chi connectivity index (χ0) is 19.7. The Morgan fingerprint density at radius 3 is 2.22 bits per heavy atom. The van der Waals surface area contributed by atoms with E-state index in [1.54, 1.807) is 4.90 Å². The topological polar surface area (TPSA) is 66.5 Å². The summed E-state index contributed by atoms with van der Waals surface area (Å²) in [6.07, 6.45) is -2.67. The highest BCUT2D eigenvalue weighted by Crippen LogP contribution is 2.30. The van der Waals surface area contributed by atoms with Gasteiger partial charge in [0.2, 0.25) is 0 Å². The number of hydrogen-bond donors (Lipinski definition) is 1. The Morgan fingerprint density at radius 2 is 1.63 bits per heavy atom. The minimum absolute atomic E-state index is 0.000674. The van der Waals surface area contributed by atoms with Crippen LogP contribution < -0.4 is 4.72 Å². The maximum Gasteiger partial charge on any atom is 0.416 e. The fraction of sp³-hybridized carbons (Fsp3) is 0.278. The molecule has 0 bridgehead atoms. The Kier molecular flexibility index (Phi) is 5.14. The Balaban J connectivity index is 1.80. The minimum atomic E-state index is -4.50. The SMILES string of the molecule is O=C(c1cccc(S(=O)(=O)Nc2ccc(C(F)(F)F)cc2)c1)N1CCCC1. The summed E-state index contributed by atoms with van der Waals surface area (Å²) in [5.41, 5.74) is -0.616. The van der Waals surface area contributed by atoms with Crippen molar-refractivity contribution in [2.75, 3.05) is 17.8 Å². The average Bonchev–Trinajstić information content (AvgIpc) is 3.15. The molecular formula is C18H17F3N2O3S. The molecule has 1 heterocycles. The number of nitrogens with one attached hydrogen (secondary N) is 1. The Bertz CT molecular complexity index is 935. The number of rotatable bonds is 4. The van der Waals surface area contributed by atoms with Gasteiger partial charge in [0.25, 0.3) is 15.9 Å². The van der Waals surface area contributed by atoms with Crippen molar-refractivity contribution < 1.29 is 26.4 Å². The molecule has 1 amide bonds. The first kappa shape index (κ1) is 19.2. The van der Waals surface area contributed by atoms with Gasteiger partial charge in [-0.3, -0.25) is 9.52 Å². The van der Waals surface area contributed by atoms with Gasteiger partial charge in [-0.1, -0.05) is 6.07 Å². The molecule has 1 aliphatic heterocycles. The molecule has 0 spiro atoms. The minimum Gasteiger partial charge on any atom is -0.339 e. The summed E-state index contributed by atoms with van der Waals surface area (Å²) in [5.74, 6) is -0.237. The summed E-state index contributed by atoms with van der Waals surface area (Å²) >= 11 is 0. The molecule has 0 saturated carbocycles. The van der Waals surface area contributed by atoms with Crippen molar-refractivity contribution in [3.05, 3.63) is 59.7 Å². The molecule has 0 unspecified atom stereocenters. The molecule has 3 rings (SSSR count). The fourth-order valence-electron chi connectivity index (χ4n) is 2.84. The van der Waals surface area contributed by atoms with Crippen LogP contribution in [0.4, 0.5) is 18.9 Å². The van der Waals surface area contributed by atoms with Crippen LogP contribution in [0.5, 0.6) is 0 Å². The maximum absolute atomic E-state index is 12.6. The van der Waals surface area contributed by atoms with E-state index in [9.17, 15) is 26.4 Å². The van der Waals surface area contributed by atoms with Crippen LogP contribution >= 0.6 is 0 Å². The zero-order valence-corrected chi connectivity index (χ0v) is 15.0. The lowest BCUT2D eigenvalue weighted by Crippen LogP contribution is -2.27. The van der Waals surface area contributed by atoms with Crippen molar-refractivity contribution in [3.63, 3.8) is 0 Å². The largest absolute Gasteiger partial charge is 0.416 e. The summed E-state index contributed by atoms with van der Waals surface area (Å²) in [6, 6.07) is 9.28. The molecule has 144 valence electrons. The molecule has 5 nitrogen and oxygen atoms in total. The third kappa shape index (κ3) is 4.41. The van der Waals surface area contributed by atoms with Gasteiger partial charge in [0.05, 0.1) is 10.5 Å². The van der Waals surface area contributed by atoms with Gasteiger partial charge in [0, 0.05) is 24.3 Å². The lowest BCUT2D eigenvalue weighted by atomic mass is 10.2. The molecule has 1 saturated heterocycles. The molecule has 0 aromatic heterocycles. The van der Waals surface area contributed by atoms with E-state index in [-0.39, 0.29) is 22.1 Å². The summed E-state index contributed by atoms with van der Waals surface area (Å²) < 4.78 is 65.1. The molecule has 0 aliphatic carbocycles. The second kappa shape index (κ2) is 7.22. The van der Waals surface area contributed by atoms with Gasteiger partial charge in [-0.05, 0) is 55.3 Å². The van der Waals surface area contributed by atoms with Crippen LogP contribution in [0.25, 0.3) is 0 Å². The second-order valence-corrected chi connectivity index (χ2v) is 7.89. The number of benzene rings is 2. The van der Waals surface area contributed by atoms with E-state index in [4.69, 9.17) is 0 Å². The number of amides is 1. The number of anilines is 1. The van der Waals surface area contributed by atoms with E-state index in [1.165, 1.54) is 24.3 Å². The van der Waals surface area contributed by atoms with Gasteiger partial charge in [-0.25, -0.2) is 8.42 Å². The summed E-state index contributed by atoms with van der Waals surface area (Å²) in [6.45, 7) is 1.28. The number of halogens is 3. The first-order valence-electron chi connectivity index (χ1n) is 8.26. The summed E-state index contributed by atoms with van der Waals surface area (Å²) in [4.78, 5) is 13.9. The quantitative estimate of drug-likeness (QED) is 0.853. The second-order valence-electron chi connectivity index (χ2n) is 6.21. The van der Waals surface area contributed by atoms with E-state index < -0.39 is 21.8 Å². The molecule has 1 N–H and O–H groups in total. The van der Waals surface area contributed by atoms with Crippen LogP contribution in [-0.2, 0) is 16.2 Å². The molecule has 27 heavy (non-hydrogen) atoms. The lowest BCUT2D eigenvalue weighted by molar-refractivity contribution is -0.137. The average molecular weight is 398 g/mol. The number of hydrogen-bond acceptors (Lipinski definition) is 3. The van der Waals surface area contributed by atoms with E-state index in [2.05, 4.69) is 4.72 Å². The molecule has 1 fully saturated rings. The normalized spacial score (nSPS) is 15.0. The van der Waals surface area contributed by atoms with Crippen LogP contribution in [0.15, 0.2) is 53.4 Å². The molecule has 0 radical (unpaired) electrons. The standard InChI is InChI=1S/C18H17F3N2O3S/c19-18(20,21)14-6-8-15(9-7-14)22-27(25,26)16-5-3-4-13(12-16)17(24)23-10-1-2-11-23/h3-9,12,22H,1-2,10-11H2. The van der Waals surface area contributed by atoms with Gasteiger partial charge < -0.3 is 4.90 Å². The maximum atomic E-state index is 12.6. The predicted octanol–water partition coefficient (Wildman–Crippen LogP) is 3.74. The van der Waals surface area contributed by atoms with E-state index in [1.807, 2.05) is 0 Å². The van der Waals surface area contributed by atoms with E-state index in [0.29, 0.717) is 13.1 Å². The Hall–Kier alpha value is -2.55. The van der Waals surface area contributed by atoms with Crippen molar-refractivity contribution in [3.8, 4) is 0 Å². The van der Waals surface area contributed by atoms with E-state index in [0.717, 1.165) is 37.1 Å². The molecule has 1 aliphatic rings. The molecule has 2 aromatic carbocycles. The highest BCUT2D eigenvalue weighted by atomic mass is 32.2. The Morgan fingerprint density at radius 1 is 1.00 bits per heavy atom. The van der Waals surface area contributed by atoms with Gasteiger partial charge in [0.15, 0.2) is 0 Å². The number of carbonyl (C=O) groups is 1. The first-order chi connectivity index (χ1) is 12.7. The number of sulfonamides is 1. The zero-order valence-electron chi connectivity index (χ0n) is 14.2. The smallest absolute Gasteiger partial charge is 0.339 e. The van der Waals surface area contributed by atoms with E-state index >= 15 is 0 Å². The molecular weight excluding hydrogens is 381 g/mol. The predicted molar refractivity (Wildman–Crippen MR) is 93.8 cm³/mol. The van der Waals surface area contributed by atoms with Gasteiger partial charge in [-0.2, -0.15) is 13.2 Å². The number of likely N-dealkylation sites (tertiary alicyclic amines) is 1. The van der Waals surface area contributed by atoms with Crippen molar-refractivity contribution in [2.45, 2.75) is 23.9 Å². The van der Waals surface area contributed by atoms with Gasteiger partial charge in [0.1, 0.15) is 0 Å². The van der Waals surface area contributed by atoms with Crippen molar-refractivity contribution in [2.24, 2.45) is 0 Å². The molecule has 9 heteroatoms. The number of carbonyl (C=O) groups excluding carboxylic acids is 1. The van der Waals surface area contributed by atoms with Crippen LogP contribution in [0, 0.1) is 0 Å².